The summed E-state index contributed by atoms with van der Waals surface area (Å²) < 4.78 is 1.06. The van der Waals surface area contributed by atoms with Crippen LogP contribution in [0.25, 0.3) is 10.9 Å². The number of hydrogen-bond donors (Lipinski definition) is 2. The molecule has 2 aromatic rings. The van der Waals surface area contributed by atoms with Crippen LogP contribution in [0.1, 0.15) is 37.6 Å². The van der Waals surface area contributed by atoms with Crippen LogP contribution in [-0.4, -0.2) is 27.4 Å². The van der Waals surface area contributed by atoms with E-state index in [2.05, 4.69) is 40.0 Å². The van der Waals surface area contributed by atoms with Gasteiger partial charge in [0.15, 0.2) is 0 Å². The molecule has 0 aliphatic rings. The van der Waals surface area contributed by atoms with Gasteiger partial charge in [0.05, 0.1) is 11.1 Å². The van der Waals surface area contributed by atoms with Crippen LogP contribution in [0, 0.1) is 13.8 Å². The van der Waals surface area contributed by atoms with E-state index in [0.29, 0.717) is 6.42 Å². The molecule has 0 bridgehead atoms. The Bertz CT molecular complexity index is 612. The minimum absolute atomic E-state index is 0.171. The molecule has 1 aromatic heterocycles. The van der Waals surface area contributed by atoms with E-state index < -0.39 is 5.60 Å². The second-order valence-corrected chi connectivity index (χ2v) is 6.94. The molecule has 4 heteroatoms. The molecule has 3 nitrogen and oxygen atoms in total. The fraction of sp³-hybridized carbons (Fsp3) is 0.471. The van der Waals surface area contributed by atoms with Crippen molar-refractivity contribution in [1.29, 1.82) is 0 Å². The zero-order valence-corrected chi connectivity index (χ0v) is 15.0. The maximum Gasteiger partial charge on any atom is 0.0719 e. The van der Waals surface area contributed by atoms with Gasteiger partial charge in [0, 0.05) is 22.2 Å². The summed E-state index contributed by atoms with van der Waals surface area (Å²) >= 11 is 3.61. The van der Waals surface area contributed by atoms with Gasteiger partial charge in [0.2, 0.25) is 0 Å². The standard InChI is InChI=1S/C13H14BrNO.C4H10O/c1-8-7-12-11(4-3-9(2)15-12)13(14)10(8)5-6-16;1-4(2,3)5/h3-4,7,16H,5-6H2,1-2H3;5H,1-3H3. The van der Waals surface area contributed by atoms with Crippen molar-refractivity contribution >= 4 is 26.8 Å². The molecule has 0 radical (unpaired) electrons. The third-order valence-corrected chi connectivity index (χ3v) is 3.66. The summed E-state index contributed by atoms with van der Waals surface area (Å²) in [6.45, 7) is 9.45. The number of aliphatic hydroxyl groups is 2. The highest BCUT2D eigenvalue weighted by Crippen LogP contribution is 2.30. The lowest BCUT2D eigenvalue weighted by atomic mass is 10.0. The van der Waals surface area contributed by atoms with Crippen LogP contribution in [-0.2, 0) is 6.42 Å². The van der Waals surface area contributed by atoms with Crippen LogP contribution in [0.15, 0.2) is 22.7 Å². The molecule has 0 saturated carbocycles. The van der Waals surface area contributed by atoms with E-state index >= 15 is 0 Å². The van der Waals surface area contributed by atoms with Gasteiger partial charge in [-0.05, 0) is 86.3 Å². The lowest BCUT2D eigenvalue weighted by Gasteiger charge is -2.10. The highest BCUT2D eigenvalue weighted by atomic mass is 79.9. The summed E-state index contributed by atoms with van der Waals surface area (Å²) in [7, 11) is 0. The number of nitrogens with zero attached hydrogens (tertiary/aromatic N) is 1. The van der Waals surface area contributed by atoms with Crippen LogP contribution < -0.4 is 0 Å². The second kappa shape index (κ2) is 7.34. The fourth-order valence-corrected chi connectivity index (χ4v) is 2.77. The summed E-state index contributed by atoms with van der Waals surface area (Å²) in [5.41, 5.74) is 3.87. The van der Waals surface area contributed by atoms with Gasteiger partial charge in [-0.1, -0.05) is 0 Å². The predicted molar refractivity (Wildman–Crippen MR) is 91.7 cm³/mol. The van der Waals surface area contributed by atoms with E-state index in [1.54, 1.807) is 20.8 Å². The van der Waals surface area contributed by atoms with Gasteiger partial charge in [-0.3, -0.25) is 4.98 Å². The molecule has 0 saturated heterocycles. The SMILES string of the molecule is CC(C)(C)O.Cc1ccc2c(Br)c(CCO)c(C)cc2n1. The molecule has 0 spiro atoms. The highest BCUT2D eigenvalue weighted by molar-refractivity contribution is 9.10. The van der Waals surface area contributed by atoms with Gasteiger partial charge in [0.25, 0.3) is 0 Å². The van der Waals surface area contributed by atoms with Crippen LogP contribution in [0.2, 0.25) is 0 Å². The first-order valence-corrected chi connectivity index (χ1v) is 7.81. The largest absolute Gasteiger partial charge is 0.396 e. The molecule has 0 aliphatic carbocycles. The molecule has 0 atom stereocenters. The smallest absolute Gasteiger partial charge is 0.0719 e. The van der Waals surface area contributed by atoms with Gasteiger partial charge < -0.3 is 10.2 Å². The molecule has 0 fully saturated rings. The maximum atomic E-state index is 9.05. The predicted octanol–water partition coefficient (Wildman–Crippen LogP) is 3.93. The highest BCUT2D eigenvalue weighted by Gasteiger charge is 2.09. The lowest BCUT2D eigenvalue weighted by Crippen LogP contribution is -2.10. The maximum absolute atomic E-state index is 9.05. The molecule has 0 amide bonds. The van der Waals surface area contributed by atoms with E-state index in [1.807, 2.05) is 13.0 Å². The Morgan fingerprint density at radius 3 is 2.29 bits per heavy atom. The van der Waals surface area contributed by atoms with E-state index in [0.717, 1.165) is 21.1 Å². The zero-order chi connectivity index (χ0) is 16.2. The van der Waals surface area contributed by atoms with Gasteiger partial charge >= 0.3 is 0 Å². The van der Waals surface area contributed by atoms with Crippen LogP contribution >= 0.6 is 15.9 Å². The van der Waals surface area contributed by atoms with E-state index in [9.17, 15) is 0 Å². The summed E-state index contributed by atoms with van der Waals surface area (Å²) in [5, 5.41) is 18.7. The van der Waals surface area contributed by atoms with Crippen LogP contribution in [0.3, 0.4) is 0 Å². The minimum Gasteiger partial charge on any atom is -0.396 e. The summed E-state index contributed by atoms with van der Waals surface area (Å²) in [5.74, 6) is 0. The lowest BCUT2D eigenvalue weighted by molar-refractivity contribution is 0.102. The first-order valence-electron chi connectivity index (χ1n) is 7.02. The molecule has 2 rings (SSSR count). The number of aromatic nitrogens is 1. The number of rotatable bonds is 2. The molecule has 1 aromatic carbocycles. The average Bonchev–Trinajstić information content (AvgIpc) is 2.32. The molecule has 0 unspecified atom stereocenters. The number of hydrogen-bond acceptors (Lipinski definition) is 3. The molecule has 21 heavy (non-hydrogen) atoms. The van der Waals surface area contributed by atoms with Gasteiger partial charge in [0.1, 0.15) is 0 Å². The van der Waals surface area contributed by atoms with Crippen LogP contribution in [0.4, 0.5) is 0 Å². The number of aryl methyl sites for hydroxylation is 2. The second-order valence-electron chi connectivity index (χ2n) is 6.15. The van der Waals surface area contributed by atoms with Crippen molar-refractivity contribution in [1.82, 2.24) is 4.98 Å². The third kappa shape index (κ3) is 5.73. The Balaban J connectivity index is 0.000000383. The van der Waals surface area contributed by atoms with Crippen molar-refractivity contribution in [3.8, 4) is 0 Å². The number of pyridine rings is 1. The van der Waals surface area contributed by atoms with Crippen molar-refractivity contribution in [3.05, 3.63) is 39.5 Å². The average molecular weight is 354 g/mol. The Morgan fingerprint density at radius 2 is 1.76 bits per heavy atom. The normalized spacial score (nSPS) is 11.2. The molecular formula is C17H24BrNO2. The summed E-state index contributed by atoms with van der Waals surface area (Å²) in [6.07, 6.45) is 0.677. The van der Waals surface area contributed by atoms with E-state index in [4.69, 9.17) is 10.2 Å². The fourth-order valence-electron chi connectivity index (χ4n) is 1.92. The van der Waals surface area contributed by atoms with Gasteiger partial charge in [-0.15, -0.1) is 0 Å². The van der Waals surface area contributed by atoms with Gasteiger partial charge in [-0.2, -0.15) is 0 Å². The van der Waals surface area contributed by atoms with Crippen molar-refractivity contribution in [3.63, 3.8) is 0 Å². The Labute approximate surface area is 135 Å². The Kier molecular flexibility index (Phi) is 6.32. The van der Waals surface area contributed by atoms with Gasteiger partial charge in [-0.25, -0.2) is 0 Å². The summed E-state index contributed by atoms with van der Waals surface area (Å²) in [4.78, 5) is 4.51. The zero-order valence-electron chi connectivity index (χ0n) is 13.4. The molecule has 0 aliphatic heterocycles. The van der Waals surface area contributed by atoms with Crippen molar-refractivity contribution in [2.24, 2.45) is 0 Å². The Hall–Kier alpha value is -0.970. The monoisotopic (exact) mass is 353 g/mol. The molecule has 116 valence electrons. The molecule has 2 N–H and O–H groups in total. The Morgan fingerprint density at radius 1 is 1.19 bits per heavy atom. The topological polar surface area (TPSA) is 53.4 Å². The molecule has 1 heterocycles. The van der Waals surface area contributed by atoms with Crippen LogP contribution in [0.5, 0.6) is 0 Å². The van der Waals surface area contributed by atoms with E-state index in [1.165, 1.54) is 11.1 Å². The first-order chi connectivity index (χ1) is 9.63. The summed E-state index contributed by atoms with van der Waals surface area (Å²) in [6, 6.07) is 6.16. The molecular weight excluding hydrogens is 330 g/mol. The number of aliphatic hydroxyl groups excluding tert-OH is 1. The van der Waals surface area contributed by atoms with E-state index in [-0.39, 0.29) is 6.61 Å². The van der Waals surface area contributed by atoms with Crippen molar-refractivity contribution < 1.29 is 10.2 Å². The van der Waals surface area contributed by atoms with Crippen molar-refractivity contribution in [2.75, 3.05) is 6.61 Å². The first kappa shape index (κ1) is 18.1. The minimum atomic E-state index is -0.500. The number of fused-ring (bicyclic) bond motifs is 1. The quantitative estimate of drug-likeness (QED) is 0.859. The third-order valence-electron chi connectivity index (χ3n) is 2.76. The number of benzene rings is 1. The number of halogens is 1. The van der Waals surface area contributed by atoms with Crippen molar-refractivity contribution in [2.45, 2.75) is 46.6 Å².